The van der Waals surface area contributed by atoms with Crippen molar-refractivity contribution in [2.75, 3.05) is 13.7 Å². The van der Waals surface area contributed by atoms with Crippen LogP contribution in [0.5, 0.6) is 5.75 Å². The molecule has 1 aromatic heterocycles. The molecule has 5 heteroatoms. The van der Waals surface area contributed by atoms with Crippen LogP contribution in [0.3, 0.4) is 0 Å². The van der Waals surface area contributed by atoms with Gasteiger partial charge in [0.05, 0.1) is 13.4 Å². The van der Waals surface area contributed by atoms with Crippen molar-refractivity contribution in [2.45, 2.75) is 38.3 Å². The van der Waals surface area contributed by atoms with Gasteiger partial charge in [0.1, 0.15) is 5.75 Å². The maximum Gasteiger partial charge on any atom is 0.223 e. The summed E-state index contributed by atoms with van der Waals surface area (Å²) in [7, 11) is 1.66. The largest absolute Gasteiger partial charge is 0.497 e. The summed E-state index contributed by atoms with van der Waals surface area (Å²) in [4.78, 5) is 18.7. The number of methoxy groups -OCH3 is 1. The zero-order valence-electron chi connectivity index (χ0n) is 13.5. The Labute approximate surface area is 136 Å². The van der Waals surface area contributed by atoms with E-state index in [-0.39, 0.29) is 5.91 Å². The molecule has 1 atom stereocenters. The number of aryl methyl sites for hydroxylation is 1. The minimum Gasteiger partial charge on any atom is -0.497 e. The number of amides is 1. The van der Waals surface area contributed by atoms with Gasteiger partial charge in [-0.25, -0.2) is 4.98 Å². The lowest BCUT2D eigenvalue weighted by molar-refractivity contribution is -0.132. The summed E-state index contributed by atoms with van der Waals surface area (Å²) < 4.78 is 7.21. The third kappa shape index (κ3) is 3.92. The number of ether oxygens (including phenoxy) is 1. The fraction of sp³-hybridized carbons (Fsp3) is 0.444. The second-order valence-corrected chi connectivity index (χ2v) is 5.99. The Kier molecular flexibility index (Phi) is 4.95. The van der Waals surface area contributed by atoms with E-state index in [0.29, 0.717) is 12.5 Å². The van der Waals surface area contributed by atoms with Gasteiger partial charge in [0.25, 0.3) is 0 Å². The molecule has 1 aliphatic heterocycles. The first-order valence-electron chi connectivity index (χ1n) is 8.14. The van der Waals surface area contributed by atoms with Gasteiger partial charge in [-0.3, -0.25) is 4.79 Å². The van der Waals surface area contributed by atoms with E-state index in [1.807, 2.05) is 41.7 Å². The standard InChI is InChI=1S/C18H23N3O2/c1-23-17-7-4-15(5-8-17)6-9-18(22)21-11-2-3-16(21)13-20-12-10-19-14-20/h4-5,7-8,10,12,14,16H,2-3,6,9,11,13H2,1H3/t16-/m0/s1. The molecular weight excluding hydrogens is 290 g/mol. The van der Waals surface area contributed by atoms with Gasteiger partial charge in [-0.1, -0.05) is 12.1 Å². The van der Waals surface area contributed by atoms with Crippen LogP contribution in [-0.4, -0.2) is 40.1 Å². The second-order valence-electron chi connectivity index (χ2n) is 5.99. The normalized spacial score (nSPS) is 17.4. The van der Waals surface area contributed by atoms with Crippen LogP contribution in [0.25, 0.3) is 0 Å². The fourth-order valence-electron chi connectivity index (χ4n) is 3.18. The monoisotopic (exact) mass is 313 g/mol. The molecule has 2 aromatic rings. The summed E-state index contributed by atoms with van der Waals surface area (Å²) >= 11 is 0. The van der Waals surface area contributed by atoms with Crippen LogP contribution in [0.4, 0.5) is 0 Å². The Hall–Kier alpha value is -2.30. The van der Waals surface area contributed by atoms with Gasteiger partial charge in [0, 0.05) is 37.9 Å². The molecule has 1 aliphatic rings. The molecule has 23 heavy (non-hydrogen) atoms. The van der Waals surface area contributed by atoms with Gasteiger partial charge in [-0.05, 0) is 37.0 Å². The first-order chi connectivity index (χ1) is 11.3. The van der Waals surface area contributed by atoms with E-state index in [0.717, 1.165) is 38.1 Å². The number of carbonyl (C=O) groups excluding carboxylic acids is 1. The summed E-state index contributed by atoms with van der Waals surface area (Å²) in [5, 5.41) is 0. The van der Waals surface area contributed by atoms with Crippen molar-refractivity contribution < 1.29 is 9.53 Å². The van der Waals surface area contributed by atoms with Gasteiger partial charge in [0.2, 0.25) is 5.91 Å². The van der Waals surface area contributed by atoms with Crippen LogP contribution in [-0.2, 0) is 17.8 Å². The number of imidazole rings is 1. The molecule has 5 nitrogen and oxygen atoms in total. The highest BCUT2D eigenvalue weighted by atomic mass is 16.5. The van der Waals surface area contributed by atoms with Crippen molar-refractivity contribution in [3.05, 3.63) is 48.5 Å². The smallest absolute Gasteiger partial charge is 0.223 e. The number of hydrogen-bond acceptors (Lipinski definition) is 3. The average Bonchev–Trinajstić information content (AvgIpc) is 3.25. The molecular formula is C18H23N3O2. The van der Waals surface area contributed by atoms with Crippen molar-refractivity contribution in [3.63, 3.8) is 0 Å². The van der Waals surface area contributed by atoms with Gasteiger partial charge in [0.15, 0.2) is 0 Å². The quantitative estimate of drug-likeness (QED) is 0.823. The Morgan fingerprint density at radius 2 is 2.17 bits per heavy atom. The summed E-state index contributed by atoms with van der Waals surface area (Å²) in [5.74, 6) is 1.10. The molecule has 1 fully saturated rings. The second kappa shape index (κ2) is 7.31. The molecule has 0 spiro atoms. The highest BCUT2D eigenvalue weighted by molar-refractivity contribution is 5.77. The predicted molar refractivity (Wildman–Crippen MR) is 88.3 cm³/mol. The van der Waals surface area contributed by atoms with E-state index in [9.17, 15) is 4.79 Å². The van der Waals surface area contributed by atoms with Crippen LogP contribution < -0.4 is 4.74 Å². The number of rotatable bonds is 6. The van der Waals surface area contributed by atoms with E-state index in [1.165, 1.54) is 5.56 Å². The predicted octanol–water partition coefficient (Wildman–Crippen LogP) is 2.52. The van der Waals surface area contributed by atoms with Gasteiger partial charge in [-0.2, -0.15) is 0 Å². The topological polar surface area (TPSA) is 47.4 Å². The summed E-state index contributed by atoms with van der Waals surface area (Å²) in [5.41, 5.74) is 1.17. The van der Waals surface area contributed by atoms with Gasteiger partial charge >= 0.3 is 0 Å². The summed E-state index contributed by atoms with van der Waals surface area (Å²) in [6.07, 6.45) is 9.06. The lowest BCUT2D eigenvalue weighted by Crippen LogP contribution is -2.38. The van der Waals surface area contributed by atoms with E-state index in [1.54, 1.807) is 13.3 Å². The van der Waals surface area contributed by atoms with E-state index < -0.39 is 0 Å². The van der Waals surface area contributed by atoms with Crippen molar-refractivity contribution in [2.24, 2.45) is 0 Å². The Morgan fingerprint density at radius 3 is 2.87 bits per heavy atom. The van der Waals surface area contributed by atoms with Gasteiger partial charge in [-0.15, -0.1) is 0 Å². The van der Waals surface area contributed by atoms with E-state index in [2.05, 4.69) is 9.55 Å². The number of benzene rings is 1. The highest BCUT2D eigenvalue weighted by Crippen LogP contribution is 2.21. The third-order valence-electron chi connectivity index (χ3n) is 4.46. The third-order valence-corrected chi connectivity index (χ3v) is 4.46. The number of hydrogen-bond donors (Lipinski definition) is 0. The van der Waals surface area contributed by atoms with Crippen LogP contribution in [0.2, 0.25) is 0 Å². The van der Waals surface area contributed by atoms with Gasteiger partial charge < -0.3 is 14.2 Å². The molecule has 122 valence electrons. The molecule has 0 radical (unpaired) electrons. The minimum absolute atomic E-state index is 0.253. The summed E-state index contributed by atoms with van der Waals surface area (Å²) in [6, 6.07) is 8.24. The number of carbonyl (C=O) groups is 1. The molecule has 0 unspecified atom stereocenters. The fourth-order valence-corrected chi connectivity index (χ4v) is 3.18. The number of likely N-dealkylation sites (tertiary alicyclic amines) is 1. The van der Waals surface area contributed by atoms with Crippen molar-refractivity contribution in [1.82, 2.24) is 14.5 Å². The van der Waals surface area contributed by atoms with Crippen molar-refractivity contribution in [3.8, 4) is 5.75 Å². The van der Waals surface area contributed by atoms with E-state index >= 15 is 0 Å². The van der Waals surface area contributed by atoms with Crippen molar-refractivity contribution in [1.29, 1.82) is 0 Å². The van der Waals surface area contributed by atoms with Crippen molar-refractivity contribution >= 4 is 5.91 Å². The van der Waals surface area contributed by atoms with Crippen LogP contribution >= 0.6 is 0 Å². The molecule has 3 rings (SSSR count). The maximum absolute atomic E-state index is 12.6. The first kappa shape index (κ1) is 15.6. The Morgan fingerprint density at radius 1 is 1.35 bits per heavy atom. The molecule has 0 bridgehead atoms. The Bertz CT molecular complexity index is 622. The molecule has 0 saturated carbocycles. The molecule has 1 aromatic carbocycles. The first-order valence-corrected chi connectivity index (χ1v) is 8.14. The van der Waals surface area contributed by atoms with Crippen LogP contribution in [0.15, 0.2) is 43.0 Å². The minimum atomic E-state index is 0.253. The molecule has 2 heterocycles. The highest BCUT2D eigenvalue weighted by Gasteiger charge is 2.28. The lowest BCUT2D eigenvalue weighted by atomic mass is 10.1. The molecule has 1 saturated heterocycles. The van der Waals surface area contributed by atoms with Crippen LogP contribution in [0.1, 0.15) is 24.8 Å². The molecule has 1 amide bonds. The van der Waals surface area contributed by atoms with Crippen LogP contribution in [0, 0.1) is 0 Å². The zero-order valence-corrected chi connectivity index (χ0v) is 13.5. The van der Waals surface area contributed by atoms with E-state index in [4.69, 9.17) is 4.74 Å². The number of nitrogens with zero attached hydrogens (tertiary/aromatic N) is 3. The lowest BCUT2D eigenvalue weighted by Gasteiger charge is -2.25. The molecule has 0 aliphatic carbocycles. The molecule has 0 N–H and O–H groups in total. The Balaban J connectivity index is 1.54. The maximum atomic E-state index is 12.6. The summed E-state index contributed by atoms with van der Waals surface area (Å²) in [6.45, 7) is 1.72. The SMILES string of the molecule is COc1ccc(CCC(=O)N2CCC[C@H]2Cn2ccnc2)cc1. The average molecular weight is 313 g/mol. The zero-order chi connectivity index (χ0) is 16.1. The number of aromatic nitrogens is 2.